The van der Waals surface area contributed by atoms with Gasteiger partial charge in [0.25, 0.3) is 0 Å². The quantitative estimate of drug-likeness (QED) is 0.806. The van der Waals surface area contributed by atoms with E-state index in [4.69, 9.17) is 5.73 Å². The normalized spacial score (nSPS) is 17.6. The zero-order chi connectivity index (χ0) is 11.7. The molecule has 0 fully saturated rings. The summed E-state index contributed by atoms with van der Waals surface area (Å²) < 4.78 is 0. The highest BCUT2D eigenvalue weighted by Gasteiger charge is 2.19. The average Bonchev–Trinajstić information content (AvgIpc) is 2.54. The Hall–Kier alpha value is -1.45. The molecule has 0 saturated heterocycles. The van der Waals surface area contributed by atoms with Gasteiger partial charge < -0.3 is 11.1 Å². The zero-order valence-electron chi connectivity index (χ0n) is 9.39. The van der Waals surface area contributed by atoms with E-state index >= 15 is 0 Å². The number of fused-ring (bicyclic) bond motifs is 2. The van der Waals surface area contributed by atoms with Gasteiger partial charge in [-0.3, -0.25) is 0 Å². The van der Waals surface area contributed by atoms with Gasteiger partial charge in [-0.25, -0.2) is 0 Å². The fraction of sp³-hybridized carbons (Fsp3) is 0.143. The number of para-hydroxylation sites is 1. The fourth-order valence-electron chi connectivity index (χ4n) is 2.11. The molecular weight excluding hydrogens is 228 g/mol. The van der Waals surface area contributed by atoms with Gasteiger partial charge in [-0.15, -0.1) is 0 Å². The van der Waals surface area contributed by atoms with E-state index in [1.807, 2.05) is 0 Å². The smallest absolute Gasteiger partial charge is 0.0647 e. The number of benzene rings is 2. The number of nitrogens with two attached hydrogens (primary N) is 1. The summed E-state index contributed by atoms with van der Waals surface area (Å²) in [5, 5.41) is 3.52. The van der Waals surface area contributed by atoms with Crippen LogP contribution in [0.25, 0.3) is 0 Å². The molecule has 0 amide bonds. The number of rotatable bonds is 1. The van der Waals surface area contributed by atoms with Crippen LogP contribution in [0.5, 0.6) is 0 Å². The van der Waals surface area contributed by atoms with Crippen molar-refractivity contribution >= 4 is 17.4 Å². The van der Waals surface area contributed by atoms with Crippen molar-refractivity contribution in [3.8, 4) is 0 Å². The minimum atomic E-state index is 0.197. The van der Waals surface area contributed by atoms with Gasteiger partial charge in [-0.2, -0.15) is 0 Å². The lowest BCUT2D eigenvalue weighted by molar-refractivity contribution is 0.775. The molecule has 2 nitrogen and oxygen atoms in total. The first kappa shape index (κ1) is 10.7. The summed E-state index contributed by atoms with van der Waals surface area (Å²) in [5.41, 5.74) is 8.33. The maximum absolute atomic E-state index is 5.87. The Morgan fingerprint density at radius 1 is 1.00 bits per heavy atom. The minimum Gasteiger partial charge on any atom is -0.376 e. The summed E-state index contributed by atoms with van der Waals surface area (Å²) in [7, 11) is 0. The maximum Gasteiger partial charge on any atom is 0.0647 e. The van der Waals surface area contributed by atoms with E-state index in [9.17, 15) is 0 Å². The van der Waals surface area contributed by atoms with Crippen LogP contribution >= 0.6 is 11.8 Å². The van der Waals surface area contributed by atoms with Gasteiger partial charge in [0.05, 0.1) is 6.04 Å². The lowest BCUT2D eigenvalue weighted by Gasteiger charge is -2.17. The average molecular weight is 242 g/mol. The predicted octanol–water partition coefficient (Wildman–Crippen LogP) is 3.26. The number of nitrogens with one attached hydrogen (secondary N) is 1. The molecule has 17 heavy (non-hydrogen) atoms. The summed E-state index contributed by atoms with van der Waals surface area (Å²) >= 11 is 1.80. The van der Waals surface area contributed by atoms with Crippen LogP contribution in [0.1, 0.15) is 11.6 Å². The van der Waals surface area contributed by atoms with E-state index in [2.05, 4.69) is 53.8 Å². The van der Waals surface area contributed by atoms with E-state index in [1.165, 1.54) is 21.0 Å². The molecule has 0 radical (unpaired) electrons. The van der Waals surface area contributed by atoms with Crippen molar-refractivity contribution in [2.24, 2.45) is 5.73 Å². The van der Waals surface area contributed by atoms with Crippen LogP contribution in [0.3, 0.4) is 0 Å². The summed E-state index contributed by atoms with van der Waals surface area (Å²) in [4.78, 5) is 2.55. The third-order valence-electron chi connectivity index (χ3n) is 2.97. The lowest BCUT2D eigenvalue weighted by Crippen LogP contribution is -2.20. The topological polar surface area (TPSA) is 38.0 Å². The van der Waals surface area contributed by atoms with E-state index in [0.29, 0.717) is 6.54 Å². The van der Waals surface area contributed by atoms with E-state index < -0.39 is 0 Å². The second-order valence-corrected chi connectivity index (χ2v) is 5.15. The Kier molecular flexibility index (Phi) is 2.79. The van der Waals surface area contributed by atoms with Crippen LogP contribution in [0, 0.1) is 0 Å². The van der Waals surface area contributed by atoms with Crippen molar-refractivity contribution in [2.45, 2.75) is 15.8 Å². The number of anilines is 1. The van der Waals surface area contributed by atoms with Crippen molar-refractivity contribution in [1.82, 2.24) is 0 Å². The monoisotopic (exact) mass is 242 g/mol. The molecule has 0 spiro atoms. The van der Waals surface area contributed by atoms with E-state index in [0.717, 1.165) is 0 Å². The molecule has 2 aromatic rings. The summed E-state index contributed by atoms with van der Waals surface area (Å²) in [6.45, 7) is 0.603. The Morgan fingerprint density at radius 3 is 2.53 bits per heavy atom. The first-order valence-corrected chi connectivity index (χ1v) is 6.52. The molecule has 1 aliphatic heterocycles. The second kappa shape index (κ2) is 4.43. The van der Waals surface area contributed by atoms with Gasteiger partial charge >= 0.3 is 0 Å². The zero-order valence-corrected chi connectivity index (χ0v) is 10.2. The molecule has 3 rings (SSSR count). The standard InChI is InChI=1S/C14H14N2S/c15-9-12-10-5-1-3-7-13(10)17-14-8-4-2-6-11(14)16-12/h1-8,12,16H,9,15H2. The maximum atomic E-state index is 5.87. The second-order valence-electron chi connectivity index (χ2n) is 4.07. The molecule has 0 aliphatic carbocycles. The van der Waals surface area contributed by atoms with Crippen molar-refractivity contribution < 1.29 is 0 Å². The van der Waals surface area contributed by atoms with Gasteiger partial charge in [0, 0.05) is 22.0 Å². The van der Waals surface area contributed by atoms with Crippen molar-refractivity contribution in [3.05, 3.63) is 54.1 Å². The van der Waals surface area contributed by atoms with Crippen LogP contribution in [0.2, 0.25) is 0 Å². The number of hydrogen-bond donors (Lipinski definition) is 2. The molecule has 2 aromatic carbocycles. The van der Waals surface area contributed by atoms with Gasteiger partial charge in [0.1, 0.15) is 0 Å². The fourth-order valence-corrected chi connectivity index (χ4v) is 3.20. The third kappa shape index (κ3) is 1.92. The van der Waals surface area contributed by atoms with Crippen molar-refractivity contribution in [3.63, 3.8) is 0 Å². The minimum absolute atomic E-state index is 0.197. The molecule has 0 saturated carbocycles. The molecular formula is C14H14N2S. The van der Waals surface area contributed by atoms with Crippen molar-refractivity contribution in [1.29, 1.82) is 0 Å². The third-order valence-corrected chi connectivity index (χ3v) is 4.13. The van der Waals surface area contributed by atoms with Gasteiger partial charge in [0.15, 0.2) is 0 Å². The predicted molar refractivity (Wildman–Crippen MR) is 72.4 cm³/mol. The first-order valence-electron chi connectivity index (χ1n) is 5.71. The van der Waals surface area contributed by atoms with E-state index in [1.54, 1.807) is 11.8 Å². The Balaban J connectivity index is 2.13. The molecule has 3 heteroatoms. The molecule has 3 N–H and O–H groups in total. The number of hydrogen-bond acceptors (Lipinski definition) is 3. The Morgan fingerprint density at radius 2 is 1.71 bits per heavy atom. The van der Waals surface area contributed by atoms with Crippen LogP contribution in [0.4, 0.5) is 5.69 Å². The SMILES string of the molecule is NCC1Nc2ccccc2Sc2ccccc21. The summed E-state index contributed by atoms with van der Waals surface area (Å²) in [6, 6.07) is 17.0. The highest BCUT2D eigenvalue weighted by atomic mass is 32.2. The Labute approximate surface area is 105 Å². The molecule has 86 valence electrons. The van der Waals surface area contributed by atoms with Gasteiger partial charge in [-0.1, -0.05) is 42.1 Å². The van der Waals surface area contributed by atoms with E-state index in [-0.39, 0.29) is 6.04 Å². The van der Waals surface area contributed by atoms with Crippen LogP contribution < -0.4 is 11.1 Å². The van der Waals surface area contributed by atoms with Gasteiger partial charge in [-0.05, 0) is 23.8 Å². The van der Waals surface area contributed by atoms with Gasteiger partial charge in [0.2, 0.25) is 0 Å². The van der Waals surface area contributed by atoms with Crippen molar-refractivity contribution in [2.75, 3.05) is 11.9 Å². The lowest BCUT2D eigenvalue weighted by atomic mass is 10.1. The Bertz CT molecular complexity index is 539. The first-order chi connectivity index (χ1) is 8.38. The highest BCUT2D eigenvalue weighted by Crippen LogP contribution is 2.41. The molecule has 0 aromatic heterocycles. The molecule has 1 unspecified atom stereocenters. The molecule has 1 heterocycles. The van der Waals surface area contributed by atoms with Crippen LogP contribution in [0.15, 0.2) is 58.3 Å². The summed E-state index contributed by atoms with van der Waals surface area (Å²) in [5.74, 6) is 0. The largest absolute Gasteiger partial charge is 0.376 e. The molecule has 1 aliphatic rings. The summed E-state index contributed by atoms with van der Waals surface area (Å²) in [6.07, 6.45) is 0. The van der Waals surface area contributed by atoms with Crippen LogP contribution in [-0.4, -0.2) is 6.54 Å². The highest BCUT2D eigenvalue weighted by molar-refractivity contribution is 7.99. The van der Waals surface area contributed by atoms with Crippen LogP contribution in [-0.2, 0) is 0 Å². The molecule has 0 bridgehead atoms. The molecule has 1 atom stereocenters.